The van der Waals surface area contributed by atoms with Crippen LogP contribution in [-0.2, 0) is 11.2 Å². The molecule has 0 spiro atoms. The molecule has 4 heteroatoms. The van der Waals surface area contributed by atoms with Gasteiger partial charge in [-0.1, -0.05) is 6.07 Å². The topological polar surface area (TPSA) is 46.5 Å². The number of halogens is 1. The van der Waals surface area contributed by atoms with Gasteiger partial charge in [-0.15, -0.1) is 0 Å². The first-order valence-electron chi connectivity index (χ1n) is 4.27. The van der Waals surface area contributed by atoms with Crippen LogP contribution in [0.15, 0.2) is 12.1 Å². The molecule has 1 unspecified atom stereocenters. The van der Waals surface area contributed by atoms with Crippen LogP contribution in [0, 0.1) is 12.7 Å². The van der Waals surface area contributed by atoms with Crippen LogP contribution in [0.2, 0.25) is 0 Å². The van der Waals surface area contributed by atoms with Gasteiger partial charge < -0.3 is 9.84 Å². The number of hydrogen-bond acceptors (Lipinski definition) is 2. The molecule has 2 rings (SSSR count). The maximum absolute atomic E-state index is 13.2. The summed E-state index contributed by atoms with van der Waals surface area (Å²) in [5, 5.41) is 8.72. The maximum atomic E-state index is 13.2. The minimum atomic E-state index is -1.06. The van der Waals surface area contributed by atoms with Crippen molar-refractivity contribution >= 4 is 5.97 Å². The summed E-state index contributed by atoms with van der Waals surface area (Å²) in [4.78, 5) is 10.6. The summed E-state index contributed by atoms with van der Waals surface area (Å²) >= 11 is 0. The van der Waals surface area contributed by atoms with Crippen molar-refractivity contribution < 1.29 is 19.0 Å². The molecule has 1 aromatic rings. The summed E-state index contributed by atoms with van der Waals surface area (Å²) in [6, 6.07) is 2.92. The van der Waals surface area contributed by atoms with Crippen LogP contribution >= 0.6 is 0 Å². The van der Waals surface area contributed by atoms with Crippen molar-refractivity contribution in [3.05, 3.63) is 29.1 Å². The van der Waals surface area contributed by atoms with Crippen LogP contribution in [0.5, 0.6) is 5.75 Å². The second kappa shape index (κ2) is 2.97. The van der Waals surface area contributed by atoms with E-state index in [1.165, 1.54) is 6.07 Å². The number of rotatable bonds is 1. The molecule has 74 valence electrons. The zero-order valence-corrected chi connectivity index (χ0v) is 7.58. The van der Waals surface area contributed by atoms with Gasteiger partial charge in [-0.25, -0.2) is 9.18 Å². The van der Waals surface area contributed by atoms with Gasteiger partial charge in [0.15, 0.2) is 17.7 Å². The first-order valence-corrected chi connectivity index (χ1v) is 4.27. The first kappa shape index (κ1) is 8.99. The molecule has 1 aromatic carbocycles. The molecule has 14 heavy (non-hydrogen) atoms. The first-order chi connectivity index (χ1) is 6.59. The van der Waals surface area contributed by atoms with E-state index in [9.17, 15) is 9.18 Å². The highest BCUT2D eigenvalue weighted by molar-refractivity contribution is 5.75. The molecule has 1 atom stereocenters. The Bertz CT molecular complexity index is 370. The van der Waals surface area contributed by atoms with Crippen molar-refractivity contribution in [1.29, 1.82) is 0 Å². The Labute approximate surface area is 80.1 Å². The highest BCUT2D eigenvalue weighted by Gasteiger charge is 2.31. The molecule has 1 N–H and O–H groups in total. The van der Waals surface area contributed by atoms with Crippen LogP contribution in [-0.4, -0.2) is 17.2 Å². The fourth-order valence-corrected chi connectivity index (χ4v) is 1.59. The van der Waals surface area contributed by atoms with Gasteiger partial charge in [0.1, 0.15) is 0 Å². The Balaban J connectivity index is 2.43. The minimum Gasteiger partial charge on any atom is -0.478 e. The van der Waals surface area contributed by atoms with Gasteiger partial charge in [-0.3, -0.25) is 0 Å². The summed E-state index contributed by atoms with van der Waals surface area (Å²) in [6.45, 7) is 1.81. The standard InChI is InChI=1S/C10H9FO3/c1-5-2-3-7(11)9-6(5)4-8(14-9)10(12)13/h2-3,8H,4H2,1H3,(H,12,13). The lowest BCUT2D eigenvalue weighted by atomic mass is 10.0. The van der Waals surface area contributed by atoms with Crippen LogP contribution < -0.4 is 4.74 Å². The van der Waals surface area contributed by atoms with Crippen molar-refractivity contribution in [1.82, 2.24) is 0 Å². The van der Waals surface area contributed by atoms with E-state index < -0.39 is 17.9 Å². The summed E-state index contributed by atoms with van der Waals surface area (Å²) < 4.78 is 18.2. The maximum Gasteiger partial charge on any atom is 0.345 e. The molecule has 0 saturated carbocycles. The molecule has 0 radical (unpaired) electrons. The second-order valence-corrected chi connectivity index (χ2v) is 3.32. The summed E-state index contributed by atoms with van der Waals surface area (Å²) in [6.07, 6.45) is -0.700. The molecule has 0 amide bonds. The van der Waals surface area contributed by atoms with Crippen LogP contribution in [0.25, 0.3) is 0 Å². The van der Waals surface area contributed by atoms with E-state index in [1.807, 2.05) is 6.92 Å². The van der Waals surface area contributed by atoms with E-state index in [0.29, 0.717) is 5.56 Å². The van der Waals surface area contributed by atoms with E-state index >= 15 is 0 Å². The van der Waals surface area contributed by atoms with Gasteiger partial charge in [0.2, 0.25) is 0 Å². The van der Waals surface area contributed by atoms with Crippen molar-refractivity contribution in [2.24, 2.45) is 0 Å². The molecule has 3 nitrogen and oxygen atoms in total. The zero-order valence-electron chi connectivity index (χ0n) is 7.58. The second-order valence-electron chi connectivity index (χ2n) is 3.32. The molecule has 0 bridgehead atoms. The summed E-state index contributed by atoms with van der Waals surface area (Å²) in [5.41, 5.74) is 1.53. The molecule has 1 heterocycles. The number of carboxylic acids is 1. The van der Waals surface area contributed by atoms with Gasteiger partial charge >= 0.3 is 5.97 Å². The van der Waals surface area contributed by atoms with Crippen molar-refractivity contribution in [3.63, 3.8) is 0 Å². The fourth-order valence-electron chi connectivity index (χ4n) is 1.59. The lowest BCUT2D eigenvalue weighted by molar-refractivity contribution is -0.144. The Morgan fingerprint density at radius 1 is 1.64 bits per heavy atom. The highest BCUT2D eigenvalue weighted by atomic mass is 19.1. The van der Waals surface area contributed by atoms with Gasteiger partial charge in [0, 0.05) is 12.0 Å². The Kier molecular flexibility index (Phi) is 1.91. The molecule has 0 aromatic heterocycles. The lowest BCUT2D eigenvalue weighted by Gasteiger charge is -2.04. The number of fused-ring (bicyclic) bond motifs is 1. The van der Waals surface area contributed by atoms with E-state index in [1.54, 1.807) is 6.07 Å². The van der Waals surface area contributed by atoms with Gasteiger partial charge in [-0.2, -0.15) is 0 Å². The van der Waals surface area contributed by atoms with Crippen molar-refractivity contribution in [3.8, 4) is 5.75 Å². The molecule has 1 aliphatic heterocycles. The summed E-state index contributed by atoms with van der Waals surface area (Å²) in [7, 11) is 0. The number of benzene rings is 1. The monoisotopic (exact) mass is 196 g/mol. The average Bonchev–Trinajstić information content (AvgIpc) is 2.57. The third-order valence-electron chi connectivity index (χ3n) is 2.37. The minimum absolute atomic E-state index is 0.0948. The quantitative estimate of drug-likeness (QED) is 0.740. The van der Waals surface area contributed by atoms with E-state index in [4.69, 9.17) is 9.84 Å². The third-order valence-corrected chi connectivity index (χ3v) is 2.37. The predicted molar refractivity (Wildman–Crippen MR) is 46.9 cm³/mol. The molecule has 0 fully saturated rings. The number of carboxylic acid groups (broad SMARTS) is 1. The smallest absolute Gasteiger partial charge is 0.345 e. The predicted octanol–water partition coefficient (Wildman–Crippen LogP) is 1.52. The molecular formula is C10H9FO3. The van der Waals surface area contributed by atoms with E-state index in [0.717, 1.165) is 5.56 Å². The lowest BCUT2D eigenvalue weighted by Crippen LogP contribution is -2.24. The molecule has 1 aliphatic rings. The molecular weight excluding hydrogens is 187 g/mol. The third kappa shape index (κ3) is 1.23. The van der Waals surface area contributed by atoms with Crippen molar-refractivity contribution in [2.75, 3.05) is 0 Å². The Morgan fingerprint density at radius 2 is 2.36 bits per heavy atom. The zero-order chi connectivity index (χ0) is 10.3. The van der Waals surface area contributed by atoms with Crippen LogP contribution in [0.1, 0.15) is 11.1 Å². The number of aliphatic carboxylic acids is 1. The number of ether oxygens (including phenoxy) is 1. The van der Waals surface area contributed by atoms with Gasteiger partial charge in [-0.05, 0) is 18.6 Å². The fraction of sp³-hybridized carbons (Fsp3) is 0.300. The van der Waals surface area contributed by atoms with Crippen LogP contribution in [0.4, 0.5) is 4.39 Å². The van der Waals surface area contributed by atoms with E-state index in [-0.39, 0.29) is 12.2 Å². The van der Waals surface area contributed by atoms with Gasteiger partial charge in [0.25, 0.3) is 0 Å². The normalized spacial score (nSPS) is 18.9. The highest BCUT2D eigenvalue weighted by Crippen LogP contribution is 2.33. The number of aryl methyl sites for hydroxylation is 1. The Hall–Kier alpha value is -1.58. The SMILES string of the molecule is Cc1ccc(F)c2c1CC(C(=O)O)O2. The largest absolute Gasteiger partial charge is 0.478 e. The van der Waals surface area contributed by atoms with Gasteiger partial charge in [0.05, 0.1) is 0 Å². The van der Waals surface area contributed by atoms with E-state index in [2.05, 4.69) is 0 Å². The number of carbonyl (C=O) groups is 1. The average molecular weight is 196 g/mol. The summed E-state index contributed by atoms with van der Waals surface area (Å²) in [5.74, 6) is -1.45. The van der Waals surface area contributed by atoms with Crippen molar-refractivity contribution in [2.45, 2.75) is 19.4 Å². The molecule has 0 saturated heterocycles. The Morgan fingerprint density at radius 3 is 2.93 bits per heavy atom. The molecule has 0 aliphatic carbocycles. The number of hydrogen-bond donors (Lipinski definition) is 1. The van der Waals surface area contributed by atoms with Crippen LogP contribution in [0.3, 0.4) is 0 Å².